The van der Waals surface area contributed by atoms with Gasteiger partial charge >= 0.3 is 0 Å². The molecule has 4 aromatic rings. The Morgan fingerprint density at radius 2 is 1.79 bits per heavy atom. The largest absolute Gasteiger partial charge is 0.497 e. The van der Waals surface area contributed by atoms with Gasteiger partial charge < -0.3 is 19.7 Å². The van der Waals surface area contributed by atoms with Crippen molar-refractivity contribution in [2.45, 2.75) is 6.54 Å². The van der Waals surface area contributed by atoms with Crippen LogP contribution in [0.2, 0.25) is 0 Å². The fourth-order valence-electron chi connectivity index (χ4n) is 4.11. The Morgan fingerprint density at radius 1 is 0.971 bits per heavy atom. The summed E-state index contributed by atoms with van der Waals surface area (Å²) >= 11 is 0. The van der Waals surface area contributed by atoms with Crippen LogP contribution in [0, 0.1) is 0 Å². The molecule has 34 heavy (non-hydrogen) atoms. The van der Waals surface area contributed by atoms with Crippen molar-refractivity contribution in [1.82, 2.24) is 9.88 Å². The van der Waals surface area contributed by atoms with Gasteiger partial charge in [0, 0.05) is 28.2 Å². The van der Waals surface area contributed by atoms with Crippen LogP contribution in [0.5, 0.6) is 11.6 Å². The molecule has 6 nitrogen and oxygen atoms in total. The molecule has 3 aromatic carbocycles. The first kappa shape index (κ1) is 21.7. The van der Waals surface area contributed by atoms with Gasteiger partial charge in [0.15, 0.2) is 5.88 Å². The van der Waals surface area contributed by atoms with Gasteiger partial charge in [-0.15, -0.1) is 10.2 Å². The van der Waals surface area contributed by atoms with Gasteiger partial charge in [-0.3, -0.25) is 0 Å². The number of aromatic hydroxyl groups is 1. The highest BCUT2D eigenvalue weighted by atomic mass is 16.5. The van der Waals surface area contributed by atoms with E-state index < -0.39 is 0 Å². The number of rotatable bonds is 6. The number of aromatic amines is 1. The average Bonchev–Trinajstić information content (AvgIpc) is 3.38. The summed E-state index contributed by atoms with van der Waals surface area (Å²) in [4.78, 5) is 5.17. The molecule has 170 valence electrons. The zero-order chi connectivity index (χ0) is 23.7. The highest BCUT2D eigenvalue weighted by Gasteiger charge is 2.11. The standard InChI is InChI=1S/C28H26N4O2/c1-32(2)17-19-6-4-18(5-7-19)9-12-26-22-11-8-20(15-27(22)31-30-26)14-24-23-16-21(34-3)10-13-25(23)29-28(24)33/h4-16,29,33H,17H2,1-3H3. The summed E-state index contributed by atoms with van der Waals surface area (Å²) in [6.45, 7) is 0.923. The first-order valence-corrected chi connectivity index (χ1v) is 11.1. The van der Waals surface area contributed by atoms with Crippen LogP contribution >= 0.6 is 0 Å². The molecule has 0 spiro atoms. The number of benzene rings is 3. The van der Waals surface area contributed by atoms with E-state index in [2.05, 4.69) is 64.5 Å². The minimum atomic E-state index is 0.122. The summed E-state index contributed by atoms with van der Waals surface area (Å²) in [5.74, 6) is 0.861. The molecule has 2 heterocycles. The zero-order valence-corrected chi connectivity index (χ0v) is 19.4. The Hall–Kier alpha value is -4.16. The van der Waals surface area contributed by atoms with Gasteiger partial charge in [0.2, 0.25) is 0 Å². The second-order valence-corrected chi connectivity index (χ2v) is 8.62. The fraction of sp³-hybridized carbons (Fsp3) is 0.143. The van der Waals surface area contributed by atoms with Crippen molar-refractivity contribution in [3.8, 4) is 11.6 Å². The van der Waals surface area contributed by atoms with E-state index in [1.165, 1.54) is 5.56 Å². The molecule has 1 aromatic heterocycles. The summed E-state index contributed by atoms with van der Waals surface area (Å²) in [6, 6.07) is 20.2. The Balaban J connectivity index is 1.45. The van der Waals surface area contributed by atoms with Crippen molar-refractivity contribution < 1.29 is 9.84 Å². The number of fused-ring (bicyclic) bond motifs is 2. The topological polar surface area (TPSA) is 73.2 Å². The number of hydrogen-bond donors (Lipinski definition) is 2. The summed E-state index contributed by atoms with van der Waals surface area (Å²) in [5.41, 5.74) is 5.61. The Labute approximate surface area is 197 Å². The summed E-state index contributed by atoms with van der Waals surface area (Å²) in [6.07, 6.45) is 5.99. The highest BCUT2D eigenvalue weighted by molar-refractivity contribution is 5.92. The summed E-state index contributed by atoms with van der Waals surface area (Å²) < 4.78 is 5.34. The van der Waals surface area contributed by atoms with Crippen LogP contribution in [0.4, 0.5) is 5.69 Å². The first-order valence-electron chi connectivity index (χ1n) is 11.1. The normalized spacial score (nSPS) is 13.5. The lowest BCUT2D eigenvalue weighted by Gasteiger charge is -2.09. The van der Waals surface area contributed by atoms with Gasteiger partial charge in [-0.2, -0.15) is 0 Å². The molecule has 0 aliphatic carbocycles. The number of methoxy groups -OCH3 is 1. The number of aromatic nitrogens is 1. The minimum Gasteiger partial charge on any atom is -0.497 e. The van der Waals surface area contributed by atoms with Crippen LogP contribution in [0.1, 0.15) is 16.7 Å². The van der Waals surface area contributed by atoms with Gasteiger partial charge in [0.05, 0.1) is 18.5 Å². The van der Waals surface area contributed by atoms with E-state index in [9.17, 15) is 5.11 Å². The number of H-pyrrole nitrogens is 1. The van der Waals surface area contributed by atoms with Crippen LogP contribution in [0.3, 0.4) is 0 Å². The molecule has 5 rings (SSSR count). The molecule has 1 aliphatic heterocycles. The van der Waals surface area contributed by atoms with Gasteiger partial charge in [-0.25, -0.2) is 0 Å². The van der Waals surface area contributed by atoms with Gasteiger partial charge in [-0.05, 0) is 72.9 Å². The number of hydrogen-bond acceptors (Lipinski definition) is 5. The second-order valence-electron chi connectivity index (χ2n) is 8.62. The molecule has 1 aliphatic rings. The molecule has 2 N–H and O–H groups in total. The number of nitrogens with zero attached hydrogens (tertiary/aromatic N) is 3. The predicted molar refractivity (Wildman–Crippen MR) is 137 cm³/mol. The maximum atomic E-state index is 10.4. The maximum Gasteiger partial charge on any atom is 0.196 e. The van der Waals surface area contributed by atoms with Crippen LogP contribution in [-0.2, 0) is 6.54 Å². The smallest absolute Gasteiger partial charge is 0.196 e. The lowest BCUT2D eigenvalue weighted by Crippen LogP contribution is -2.10. The molecule has 0 amide bonds. The molecule has 0 saturated heterocycles. The van der Waals surface area contributed by atoms with Crippen LogP contribution in [0.15, 0.2) is 77.0 Å². The predicted octanol–water partition coefficient (Wildman–Crippen LogP) is 4.69. The highest BCUT2D eigenvalue weighted by Crippen LogP contribution is 2.30. The molecular weight excluding hydrogens is 424 g/mol. The van der Waals surface area contributed by atoms with Crippen LogP contribution in [0.25, 0.3) is 28.8 Å². The molecule has 0 fully saturated rings. The van der Waals surface area contributed by atoms with Crippen molar-refractivity contribution in [3.05, 3.63) is 93.9 Å². The monoisotopic (exact) mass is 450 g/mol. The van der Waals surface area contributed by atoms with Gasteiger partial charge in [0.1, 0.15) is 5.75 Å². The van der Waals surface area contributed by atoms with E-state index in [-0.39, 0.29) is 5.88 Å². The maximum absolute atomic E-state index is 10.4. The number of nitrogens with one attached hydrogen (secondary N) is 1. The molecule has 0 saturated carbocycles. The molecule has 0 radical (unpaired) electrons. The van der Waals surface area contributed by atoms with E-state index in [0.29, 0.717) is 5.56 Å². The van der Waals surface area contributed by atoms with Gasteiger partial charge in [-0.1, -0.05) is 36.4 Å². The first-order chi connectivity index (χ1) is 16.5. The van der Waals surface area contributed by atoms with Crippen LogP contribution in [-0.4, -0.2) is 36.2 Å². The third-order valence-electron chi connectivity index (χ3n) is 5.81. The van der Waals surface area contributed by atoms with E-state index in [4.69, 9.17) is 4.74 Å². The molecule has 0 unspecified atom stereocenters. The number of azo groups is 1. The third-order valence-corrected chi connectivity index (χ3v) is 5.81. The van der Waals surface area contributed by atoms with Crippen LogP contribution < -0.4 is 15.2 Å². The van der Waals surface area contributed by atoms with Crippen molar-refractivity contribution in [2.75, 3.05) is 21.2 Å². The van der Waals surface area contributed by atoms with E-state index in [1.54, 1.807) is 7.11 Å². The molecule has 0 atom stereocenters. The average molecular weight is 451 g/mol. The van der Waals surface area contributed by atoms with E-state index >= 15 is 0 Å². The van der Waals surface area contributed by atoms with Gasteiger partial charge in [0.25, 0.3) is 0 Å². The molecule has 6 heteroatoms. The van der Waals surface area contributed by atoms with Crippen molar-refractivity contribution in [2.24, 2.45) is 10.2 Å². The molecular formula is C28H26N4O2. The minimum absolute atomic E-state index is 0.122. The lowest BCUT2D eigenvalue weighted by atomic mass is 10.1. The summed E-state index contributed by atoms with van der Waals surface area (Å²) in [5, 5.41) is 22.0. The summed E-state index contributed by atoms with van der Waals surface area (Å²) in [7, 11) is 5.76. The lowest BCUT2D eigenvalue weighted by molar-refractivity contribution is 0.402. The Bertz CT molecular complexity index is 1540. The quantitative estimate of drug-likeness (QED) is 0.448. The second kappa shape index (κ2) is 9.00. The number of ether oxygens (including phenoxy) is 1. The Kier molecular flexibility index (Phi) is 5.74. The van der Waals surface area contributed by atoms with E-state index in [0.717, 1.165) is 50.6 Å². The third kappa shape index (κ3) is 4.36. The van der Waals surface area contributed by atoms with E-state index in [1.807, 2.05) is 48.6 Å². The Morgan fingerprint density at radius 3 is 2.56 bits per heavy atom. The van der Waals surface area contributed by atoms with Crippen molar-refractivity contribution >= 4 is 34.4 Å². The zero-order valence-electron chi connectivity index (χ0n) is 19.4. The van der Waals surface area contributed by atoms with Crippen molar-refractivity contribution in [3.63, 3.8) is 0 Å². The SMILES string of the molecule is COc1ccc2[nH]c(O)c(C=c3ccc4c(c3)N=NC=4C=Cc3ccc(CN(C)C)cc3)c2c1. The van der Waals surface area contributed by atoms with Crippen molar-refractivity contribution in [1.29, 1.82) is 0 Å². The molecule has 0 bridgehead atoms. The fourth-order valence-corrected chi connectivity index (χ4v) is 4.11.